The number of aromatic nitrogens is 1. The molecule has 4 rings (SSSR count). The second-order valence-corrected chi connectivity index (χ2v) is 7.66. The van der Waals surface area contributed by atoms with E-state index in [1.165, 1.54) is 0 Å². The van der Waals surface area contributed by atoms with Crippen LogP contribution < -0.4 is 5.32 Å². The summed E-state index contributed by atoms with van der Waals surface area (Å²) in [5.41, 5.74) is 4.26. The maximum Gasteiger partial charge on any atom is 0.322 e. The average molecular weight is 378 g/mol. The molecule has 0 unspecified atom stereocenters. The highest BCUT2D eigenvalue weighted by molar-refractivity contribution is 5.92. The number of carbonyl (C=O) groups is 1. The van der Waals surface area contributed by atoms with Crippen LogP contribution in [0.1, 0.15) is 18.9 Å². The molecular formula is C22H26N4O2. The summed E-state index contributed by atoms with van der Waals surface area (Å²) in [6, 6.07) is 13.8. The Hall–Kier alpha value is -2.86. The Morgan fingerprint density at radius 2 is 2.07 bits per heavy atom. The molecule has 1 aromatic heterocycles. The molecule has 2 heterocycles. The van der Waals surface area contributed by atoms with Crippen LogP contribution in [0.5, 0.6) is 0 Å². The number of hydrogen-bond acceptors (Lipinski definition) is 4. The molecule has 0 saturated carbocycles. The number of benzene rings is 2. The Bertz CT molecular complexity index is 997. The highest BCUT2D eigenvalue weighted by Crippen LogP contribution is 2.27. The molecule has 2 aromatic carbocycles. The van der Waals surface area contributed by atoms with Crippen LogP contribution in [0.2, 0.25) is 0 Å². The summed E-state index contributed by atoms with van der Waals surface area (Å²) in [4.78, 5) is 21.5. The molecule has 1 N–H and O–H groups in total. The van der Waals surface area contributed by atoms with Crippen LogP contribution in [0.4, 0.5) is 10.5 Å². The predicted octanol–water partition coefficient (Wildman–Crippen LogP) is 4.36. The normalized spacial score (nSPS) is 18.2. The largest absolute Gasteiger partial charge is 0.436 e. The SMILES string of the molecule is Cc1cccc(-c2nc3ccc(NC(=O)N4CCCN(C)C[C@H]4C)cc3o2)c1. The molecule has 2 amide bonds. The van der Waals surface area contributed by atoms with Gasteiger partial charge in [0, 0.05) is 36.4 Å². The lowest BCUT2D eigenvalue weighted by Gasteiger charge is -2.28. The lowest BCUT2D eigenvalue weighted by molar-refractivity contribution is 0.190. The standard InChI is InChI=1S/C22H26N4O2/c1-15-6-4-7-17(12-15)21-24-19-9-8-18(13-20(19)28-21)23-22(27)26-11-5-10-25(3)14-16(26)2/h4,6-9,12-13,16H,5,10-11,14H2,1-3H3,(H,23,27)/t16-/m1/s1. The minimum atomic E-state index is -0.0689. The number of nitrogens with one attached hydrogen (secondary N) is 1. The number of aryl methyl sites for hydroxylation is 1. The van der Waals surface area contributed by atoms with E-state index in [4.69, 9.17) is 4.42 Å². The van der Waals surface area contributed by atoms with Gasteiger partial charge in [0.1, 0.15) is 5.52 Å². The van der Waals surface area contributed by atoms with Crippen molar-refractivity contribution >= 4 is 22.8 Å². The van der Waals surface area contributed by atoms with Gasteiger partial charge in [-0.15, -0.1) is 0 Å². The van der Waals surface area contributed by atoms with Crippen LogP contribution >= 0.6 is 0 Å². The van der Waals surface area contributed by atoms with Crippen molar-refractivity contribution in [1.82, 2.24) is 14.8 Å². The molecule has 0 aliphatic carbocycles. The third kappa shape index (κ3) is 3.87. The molecule has 6 heteroatoms. The van der Waals surface area contributed by atoms with Crippen molar-refractivity contribution < 1.29 is 9.21 Å². The zero-order chi connectivity index (χ0) is 19.7. The Morgan fingerprint density at radius 1 is 1.21 bits per heavy atom. The minimum Gasteiger partial charge on any atom is -0.436 e. The second kappa shape index (κ2) is 7.64. The maximum atomic E-state index is 12.8. The molecule has 28 heavy (non-hydrogen) atoms. The van der Waals surface area contributed by atoms with E-state index >= 15 is 0 Å². The van der Waals surface area contributed by atoms with Gasteiger partial charge in [-0.3, -0.25) is 0 Å². The summed E-state index contributed by atoms with van der Waals surface area (Å²) in [6.45, 7) is 6.80. The molecule has 0 spiro atoms. The van der Waals surface area contributed by atoms with Gasteiger partial charge in [-0.2, -0.15) is 0 Å². The number of anilines is 1. The van der Waals surface area contributed by atoms with Crippen molar-refractivity contribution in [3.8, 4) is 11.5 Å². The van der Waals surface area contributed by atoms with Crippen LogP contribution in [0.3, 0.4) is 0 Å². The van der Waals surface area contributed by atoms with Gasteiger partial charge in [0.2, 0.25) is 5.89 Å². The lowest BCUT2D eigenvalue weighted by Crippen LogP contribution is -2.44. The van der Waals surface area contributed by atoms with Crippen molar-refractivity contribution in [2.75, 3.05) is 32.0 Å². The maximum absolute atomic E-state index is 12.8. The highest BCUT2D eigenvalue weighted by atomic mass is 16.3. The number of oxazole rings is 1. The predicted molar refractivity (Wildman–Crippen MR) is 111 cm³/mol. The van der Waals surface area contributed by atoms with Crippen LogP contribution in [-0.4, -0.2) is 53.5 Å². The third-order valence-corrected chi connectivity index (χ3v) is 5.21. The molecule has 0 radical (unpaired) electrons. The van der Waals surface area contributed by atoms with Gasteiger partial charge in [-0.25, -0.2) is 9.78 Å². The van der Waals surface area contributed by atoms with Crippen LogP contribution in [-0.2, 0) is 0 Å². The Labute approximate surface area is 165 Å². The first-order valence-electron chi connectivity index (χ1n) is 9.73. The van der Waals surface area contributed by atoms with Gasteiger partial charge >= 0.3 is 6.03 Å². The molecule has 146 valence electrons. The van der Waals surface area contributed by atoms with E-state index in [1.807, 2.05) is 54.3 Å². The van der Waals surface area contributed by atoms with Crippen molar-refractivity contribution in [2.24, 2.45) is 0 Å². The summed E-state index contributed by atoms with van der Waals surface area (Å²) < 4.78 is 5.95. The molecule has 1 atom stereocenters. The van der Waals surface area contributed by atoms with Crippen molar-refractivity contribution in [3.05, 3.63) is 48.0 Å². The number of likely N-dealkylation sites (N-methyl/N-ethyl adjacent to an activating group) is 1. The van der Waals surface area contributed by atoms with Crippen LogP contribution in [0.25, 0.3) is 22.6 Å². The fraction of sp³-hybridized carbons (Fsp3) is 0.364. The van der Waals surface area contributed by atoms with Gasteiger partial charge in [0.05, 0.1) is 0 Å². The first-order chi connectivity index (χ1) is 13.5. The number of rotatable bonds is 2. The number of nitrogens with zero attached hydrogens (tertiary/aromatic N) is 3. The van der Waals surface area contributed by atoms with Crippen LogP contribution in [0, 0.1) is 6.92 Å². The number of hydrogen-bond donors (Lipinski definition) is 1. The summed E-state index contributed by atoms with van der Waals surface area (Å²) in [7, 11) is 2.10. The van der Waals surface area contributed by atoms with E-state index in [-0.39, 0.29) is 12.1 Å². The van der Waals surface area contributed by atoms with E-state index in [2.05, 4.69) is 29.2 Å². The Kier molecular flexibility index (Phi) is 5.05. The topological polar surface area (TPSA) is 61.6 Å². The van der Waals surface area contributed by atoms with Crippen molar-refractivity contribution in [1.29, 1.82) is 0 Å². The number of amides is 2. The minimum absolute atomic E-state index is 0.0689. The summed E-state index contributed by atoms with van der Waals surface area (Å²) >= 11 is 0. The monoisotopic (exact) mass is 378 g/mol. The number of urea groups is 1. The van der Waals surface area contributed by atoms with E-state index in [1.54, 1.807) is 0 Å². The molecule has 1 saturated heterocycles. The summed E-state index contributed by atoms with van der Waals surface area (Å²) in [5, 5.41) is 3.02. The quantitative estimate of drug-likeness (QED) is 0.720. The fourth-order valence-electron chi connectivity index (χ4n) is 3.77. The second-order valence-electron chi connectivity index (χ2n) is 7.66. The summed E-state index contributed by atoms with van der Waals surface area (Å²) in [5.74, 6) is 0.589. The number of fused-ring (bicyclic) bond motifs is 1. The third-order valence-electron chi connectivity index (χ3n) is 5.21. The van der Waals surface area contributed by atoms with Gasteiger partial charge in [0.25, 0.3) is 0 Å². The number of carbonyl (C=O) groups excluding carboxylic acids is 1. The van der Waals surface area contributed by atoms with Crippen LogP contribution in [0.15, 0.2) is 46.9 Å². The Balaban J connectivity index is 1.54. The van der Waals surface area contributed by atoms with Gasteiger partial charge in [-0.1, -0.05) is 17.7 Å². The van der Waals surface area contributed by atoms with E-state index in [0.29, 0.717) is 17.2 Å². The lowest BCUT2D eigenvalue weighted by atomic mass is 10.1. The average Bonchev–Trinajstić information content (AvgIpc) is 3.00. The molecule has 0 bridgehead atoms. The van der Waals surface area contributed by atoms with Crippen molar-refractivity contribution in [2.45, 2.75) is 26.3 Å². The zero-order valence-electron chi connectivity index (χ0n) is 16.6. The Morgan fingerprint density at radius 3 is 2.89 bits per heavy atom. The molecular weight excluding hydrogens is 352 g/mol. The first kappa shape index (κ1) is 18.5. The molecule has 3 aromatic rings. The highest BCUT2D eigenvalue weighted by Gasteiger charge is 2.24. The van der Waals surface area contributed by atoms with Gasteiger partial charge < -0.3 is 19.5 Å². The molecule has 6 nitrogen and oxygen atoms in total. The summed E-state index contributed by atoms with van der Waals surface area (Å²) in [6.07, 6.45) is 0.981. The molecule has 1 aliphatic rings. The molecule has 1 aliphatic heterocycles. The van der Waals surface area contributed by atoms with E-state index in [0.717, 1.165) is 42.7 Å². The zero-order valence-corrected chi connectivity index (χ0v) is 16.6. The first-order valence-corrected chi connectivity index (χ1v) is 9.73. The van der Waals surface area contributed by atoms with Gasteiger partial charge in [-0.05, 0) is 58.1 Å². The fourth-order valence-corrected chi connectivity index (χ4v) is 3.77. The van der Waals surface area contributed by atoms with Gasteiger partial charge in [0.15, 0.2) is 5.58 Å². The van der Waals surface area contributed by atoms with E-state index in [9.17, 15) is 4.79 Å². The smallest absolute Gasteiger partial charge is 0.322 e. The van der Waals surface area contributed by atoms with E-state index < -0.39 is 0 Å². The van der Waals surface area contributed by atoms with Crippen molar-refractivity contribution in [3.63, 3.8) is 0 Å². The molecule has 1 fully saturated rings.